The molecule has 2 rings (SSSR count). The van der Waals surface area contributed by atoms with Gasteiger partial charge in [-0.25, -0.2) is 4.79 Å². The van der Waals surface area contributed by atoms with Gasteiger partial charge in [0, 0.05) is 18.3 Å². The Morgan fingerprint density at radius 1 is 1.12 bits per heavy atom. The minimum Gasteiger partial charge on any atom is -0.497 e. The summed E-state index contributed by atoms with van der Waals surface area (Å²) >= 11 is 0. The second-order valence-corrected chi connectivity index (χ2v) is 7.74. The maximum Gasteiger partial charge on any atom is 0.328 e. The number of amides is 2. The zero-order chi connectivity index (χ0) is 25.1. The number of ether oxygens (including phenoxy) is 2. The summed E-state index contributed by atoms with van der Waals surface area (Å²) in [5.74, 6) is -0.958. The van der Waals surface area contributed by atoms with Crippen LogP contribution in [0.1, 0.15) is 30.0 Å². The molecule has 2 aromatic carbocycles. The molecule has 0 spiro atoms. The summed E-state index contributed by atoms with van der Waals surface area (Å²) in [6, 6.07) is 13.8. The number of benzene rings is 2. The van der Waals surface area contributed by atoms with Crippen LogP contribution in [-0.4, -0.2) is 44.1 Å². The molecule has 0 fully saturated rings. The third kappa shape index (κ3) is 8.10. The lowest BCUT2D eigenvalue weighted by atomic mass is 10.1. The summed E-state index contributed by atoms with van der Waals surface area (Å²) in [7, 11) is 1.57. The lowest BCUT2D eigenvalue weighted by Gasteiger charge is -2.23. The molecule has 0 unspecified atom stereocenters. The Hall–Kier alpha value is -4.12. The normalized spacial score (nSPS) is 11.4. The minimum atomic E-state index is -0.949. The van der Waals surface area contributed by atoms with Crippen molar-refractivity contribution >= 4 is 29.5 Å². The van der Waals surface area contributed by atoms with Crippen molar-refractivity contribution in [1.82, 2.24) is 5.32 Å². The SMILES string of the molecule is COc1ccc(C=CC(=O)N[C@@H](C)C(=O)OCC(=O)N(CCC#N)c2cc(C)cc(C)c2)cc1. The monoisotopic (exact) mass is 463 g/mol. The maximum absolute atomic E-state index is 12.8. The van der Waals surface area contributed by atoms with Crippen molar-refractivity contribution in [2.75, 3.05) is 25.2 Å². The number of hydrogen-bond donors (Lipinski definition) is 1. The van der Waals surface area contributed by atoms with E-state index in [4.69, 9.17) is 14.7 Å². The predicted octanol–water partition coefficient (Wildman–Crippen LogP) is 3.32. The lowest BCUT2D eigenvalue weighted by molar-refractivity contribution is -0.150. The van der Waals surface area contributed by atoms with Crippen molar-refractivity contribution in [1.29, 1.82) is 5.26 Å². The summed E-state index contributed by atoms with van der Waals surface area (Å²) in [5.41, 5.74) is 3.38. The molecule has 0 aliphatic carbocycles. The van der Waals surface area contributed by atoms with E-state index in [-0.39, 0.29) is 13.0 Å². The smallest absolute Gasteiger partial charge is 0.328 e. The van der Waals surface area contributed by atoms with Gasteiger partial charge in [0.1, 0.15) is 11.8 Å². The molecule has 1 N–H and O–H groups in total. The molecular formula is C26H29N3O5. The molecule has 178 valence electrons. The number of nitrogens with one attached hydrogen (secondary N) is 1. The molecule has 0 bridgehead atoms. The van der Waals surface area contributed by atoms with Crippen LogP contribution in [0.4, 0.5) is 5.69 Å². The van der Waals surface area contributed by atoms with E-state index in [2.05, 4.69) is 5.32 Å². The number of carbonyl (C=O) groups excluding carboxylic acids is 3. The van der Waals surface area contributed by atoms with Gasteiger partial charge >= 0.3 is 5.97 Å². The Morgan fingerprint density at radius 2 is 1.76 bits per heavy atom. The van der Waals surface area contributed by atoms with Crippen LogP contribution in [0.3, 0.4) is 0 Å². The van der Waals surface area contributed by atoms with Crippen molar-refractivity contribution in [3.8, 4) is 11.8 Å². The zero-order valence-corrected chi connectivity index (χ0v) is 19.8. The largest absolute Gasteiger partial charge is 0.497 e. The van der Waals surface area contributed by atoms with E-state index in [0.717, 1.165) is 16.7 Å². The van der Waals surface area contributed by atoms with Crippen LogP contribution in [0.2, 0.25) is 0 Å². The van der Waals surface area contributed by atoms with Crippen LogP contribution in [0.25, 0.3) is 6.08 Å². The third-order valence-electron chi connectivity index (χ3n) is 4.86. The van der Waals surface area contributed by atoms with Gasteiger partial charge in [0.25, 0.3) is 5.91 Å². The molecule has 0 aliphatic rings. The molecule has 2 aromatic rings. The molecule has 0 saturated heterocycles. The topological polar surface area (TPSA) is 109 Å². The van der Waals surface area contributed by atoms with Crippen molar-refractivity contribution < 1.29 is 23.9 Å². The van der Waals surface area contributed by atoms with E-state index in [1.54, 1.807) is 37.5 Å². The number of anilines is 1. The highest BCUT2D eigenvalue weighted by molar-refractivity contribution is 5.97. The summed E-state index contributed by atoms with van der Waals surface area (Å²) in [6.07, 6.45) is 3.05. The number of esters is 1. The van der Waals surface area contributed by atoms with Crippen molar-refractivity contribution in [2.24, 2.45) is 0 Å². The maximum atomic E-state index is 12.8. The molecule has 2 amide bonds. The third-order valence-corrected chi connectivity index (χ3v) is 4.86. The molecular weight excluding hydrogens is 434 g/mol. The van der Waals surface area contributed by atoms with Crippen LogP contribution in [0, 0.1) is 25.2 Å². The first kappa shape index (κ1) is 26.1. The molecule has 0 saturated carbocycles. The number of methoxy groups -OCH3 is 1. The van der Waals surface area contributed by atoms with E-state index in [1.807, 2.05) is 38.1 Å². The predicted molar refractivity (Wildman–Crippen MR) is 129 cm³/mol. The van der Waals surface area contributed by atoms with E-state index >= 15 is 0 Å². The summed E-state index contributed by atoms with van der Waals surface area (Å²) in [4.78, 5) is 38.6. The molecule has 1 atom stereocenters. The number of aryl methyl sites for hydroxylation is 2. The van der Waals surface area contributed by atoms with Gasteiger partial charge in [-0.05, 0) is 67.8 Å². The molecule has 0 aliphatic heterocycles. The first-order valence-corrected chi connectivity index (χ1v) is 10.8. The number of carbonyl (C=O) groups is 3. The molecule has 8 heteroatoms. The number of nitriles is 1. The second-order valence-electron chi connectivity index (χ2n) is 7.74. The Labute approximate surface area is 199 Å². The highest BCUT2D eigenvalue weighted by Crippen LogP contribution is 2.19. The molecule has 8 nitrogen and oxygen atoms in total. The van der Waals surface area contributed by atoms with Crippen molar-refractivity contribution in [3.05, 3.63) is 65.2 Å². The molecule has 0 aromatic heterocycles. The average Bonchev–Trinajstić information content (AvgIpc) is 2.81. The number of hydrogen-bond acceptors (Lipinski definition) is 6. The van der Waals surface area contributed by atoms with Gasteiger partial charge in [-0.2, -0.15) is 5.26 Å². The fourth-order valence-corrected chi connectivity index (χ4v) is 3.21. The quantitative estimate of drug-likeness (QED) is 0.428. The highest BCUT2D eigenvalue weighted by atomic mass is 16.5. The average molecular weight is 464 g/mol. The van der Waals surface area contributed by atoms with Crippen LogP contribution in [0.15, 0.2) is 48.5 Å². The summed E-state index contributed by atoms with van der Waals surface area (Å²) in [5, 5.41) is 11.5. The highest BCUT2D eigenvalue weighted by Gasteiger charge is 2.21. The fraction of sp³-hybridized carbons (Fsp3) is 0.308. The molecule has 0 heterocycles. The minimum absolute atomic E-state index is 0.139. The number of rotatable bonds is 10. The van der Waals surface area contributed by atoms with Crippen LogP contribution < -0.4 is 15.0 Å². The van der Waals surface area contributed by atoms with Gasteiger partial charge in [-0.1, -0.05) is 18.2 Å². The Morgan fingerprint density at radius 3 is 2.35 bits per heavy atom. The lowest BCUT2D eigenvalue weighted by Crippen LogP contribution is -2.41. The summed E-state index contributed by atoms with van der Waals surface area (Å²) in [6.45, 7) is 4.98. The second kappa shape index (κ2) is 12.8. The van der Waals surface area contributed by atoms with Gasteiger partial charge in [-0.3, -0.25) is 9.59 Å². The van der Waals surface area contributed by atoms with Crippen LogP contribution in [-0.2, 0) is 19.1 Å². The van der Waals surface area contributed by atoms with E-state index in [0.29, 0.717) is 11.4 Å². The number of nitrogens with zero attached hydrogens (tertiary/aromatic N) is 2. The van der Waals surface area contributed by atoms with Gasteiger partial charge in [0.05, 0.1) is 19.6 Å². The Kier molecular flexibility index (Phi) is 9.84. The Balaban J connectivity index is 1.92. The van der Waals surface area contributed by atoms with E-state index in [1.165, 1.54) is 17.9 Å². The Bertz CT molecular complexity index is 1070. The first-order chi connectivity index (χ1) is 16.2. The van der Waals surface area contributed by atoms with Gasteiger partial charge < -0.3 is 19.7 Å². The van der Waals surface area contributed by atoms with Crippen molar-refractivity contribution in [3.63, 3.8) is 0 Å². The fourth-order valence-electron chi connectivity index (χ4n) is 3.21. The van der Waals surface area contributed by atoms with Crippen LogP contribution >= 0.6 is 0 Å². The van der Waals surface area contributed by atoms with Gasteiger partial charge in [0.15, 0.2) is 6.61 Å². The van der Waals surface area contributed by atoms with Gasteiger partial charge in [0.2, 0.25) is 5.91 Å². The standard InChI is InChI=1S/C26H29N3O5/c1-18-14-19(2)16-22(15-18)29(13-5-12-27)25(31)17-34-26(32)20(3)28-24(30)11-8-21-6-9-23(33-4)10-7-21/h6-11,14-16,20H,5,13,17H2,1-4H3,(H,28,30)/t20-/m0/s1. The van der Waals surface area contributed by atoms with Crippen molar-refractivity contribution in [2.45, 2.75) is 33.2 Å². The van der Waals surface area contributed by atoms with Crippen LogP contribution in [0.5, 0.6) is 5.75 Å². The molecule has 0 radical (unpaired) electrons. The zero-order valence-electron chi connectivity index (χ0n) is 19.8. The first-order valence-electron chi connectivity index (χ1n) is 10.8. The molecule has 34 heavy (non-hydrogen) atoms. The van der Waals surface area contributed by atoms with E-state index < -0.39 is 30.4 Å². The van der Waals surface area contributed by atoms with E-state index in [9.17, 15) is 14.4 Å². The van der Waals surface area contributed by atoms with Gasteiger partial charge in [-0.15, -0.1) is 0 Å². The summed E-state index contributed by atoms with van der Waals surface area (Å²) < 4.78 is 10.2.